The van der Waals surface area contributed by atoms with E-state index in [0.717, 1.165) is 26.1 Å². The number of aliphatic hydroxyl groups excluding tert-OH is 1. The molecule has 122 valence electrons. The molecular weight excluding hydrogens is 252 g/mol. The summed E-state index contributed by atoms with van der Waals surface area (Å²) in [5.41, 5.74) is 0. The molecule has 0 aromatic rings. The summed E-state index contributed by atoms with van der Waals surface area (Å²) in [6.07, 6.45) is 9.25. The molecule has 0 aliphatic heterocycles. The molecule has 0 amide bonds. The fourth-order valence-corrected chi connectivity index (χ4v) is 2.17. The second kappa shape index (κ2) is 15.3. The summed E-state index contributed by atoms with van der Waals surface area (Å²) in [4.78, 5) is 0. The predicted molar refractivity (Wildman–Crippen MR) is 85.1 cm³/mol. The van der Waals surface area contributed by atoms with E-state index in [1.807, 2.05) is 0 Å². The normalized spacial score (nSPS) is 14.4. The lowest BCUT2D eigenvalue weighted by Gasteiger charge is -2.17. The van der Waals surface area contributed by atoms with E-state index in [-0.39, 0.29) is 0 Å². The van der Waals surface area contributed by atoms with E-state index in [4.69, 9.17) is 9.47 Å². The third-order valence-corrected chi connectivity index (χ3v) is 3.66. The summed E-state index contributed by atoms with van der Waals surface area (Å²) >= 11 is 0. The van der Waals surface area contributed by atoms with Crippen LogP contribution in [-0.2, 0) is 9.47 Å². The molecule has 0 saturated carbocycles. The molecule has 2 atom stereocenters. The molecule has 0 rings (SSSR count). The first-order chi connectivity index (χ1) is 9.74. The molecule has 3 heteroatoms. The van der Waals surface area contributed by atoms with Crippen molar-refractivity contribution < 1.29 is 14.6 Å². The molecular formula is C17H36O3. The second-order valence-corrected chi connectivity index (χ2v) is 5.74. The topological polar surface area (TPSA) is 38.7 Å². The lowest BCUT2D eigenvalue weighted by molar-refractivity contribution is -0.0276. The minimum Gasteiger partial charge on any atom is -0.388 e. The Morgan fingerprint density at radius 2 is 1.50 bits per heavy atom. The van der Waals surface area contributed by atoms with Gasteiger partial charge in [-0.15, -0.1) is 0 Å². The zero-order valence-electron chi connectivity index (χ0n) is 13.9. The average molecular weight is 288 g/mol. The van der Waals surface area contributed by atoms with Gasteiger partial charge in [-0.2, -0.15) is 0 Å². The van der Waals surface area contributed by atoms with Crippen molar-refractivity contribution in [3.8, 4) is 0 Å². The summed E-state index contributed by atoms with van der Waals surface area (Å²) in [7, 11) is 0. The molecule has 0 aliphatic carbocycles. The largest absolute Gasteiger partial charge is 0.388 e. The highest BCUT2D eigenvalue weighted by molar-refractivity contribution is 4.58. The zero-order valence-corrected chi connectivity index (χ0v) is 13.9. The highest BCUT2D eigenvalue weighted by Gasteiger charge is 2.09. The van der Waals surface area contributed by atoms with Crippen molar-refractivity contribution in [1.29, 1.82) is 0 Å². The van der Waals surface area contributed by atoms with Crippen LogP contribution in [0.4, 0.5) is 0 Å². The van der Waals surface area contributed by atoms with E-state index in [1.54, 1.807) is 0 Å². The minimum absolute atomic E-state index is 0.400. The highest BCUT2D eigenvalue weighted by atomic mass is 16.5. The molecule has 3 nitrogen and oxygen atoms in total. The maximum absolute atomic E-state index is 9.76. The number of hydrogen-bond acceptors (Lipinski definition) is 3. The van der Waals surface area contributed by atoms with Gasteiger partial charge in [-0.3, -0.25) is 0 Å². The summed E-state index contributed by atoms with van der Waals surface area (Å²) in [5.74, 6) is 0.636. The maximum Gasteiger partial charge on any atom is 0.101 e. The molecule has 0 fully saturated rings. The van der Waals surface area contributed by atoms with Crippen LogP contribution < -0.4 is 0 Å². The van der Waals surface area contributed by atoms with Gasteiger partial charge in [0, 0.05) is 13.2 Å². The molecule has 0 aliphatic rings. The van der Waals surface area contributed by atoms with Crippen LogP contribution in [0.15, 0.2) is 0 Å². The minimum atomic E-state index is -0.482. The first kappa shape index (κ1) is 19.9. The van der Waals surface area contributed by atoms with Gasteiger partial charge in [0.25, 0.3) is 0 Å². The smallest absolute Gasteiger partial charge is 0.101 e. The molecule has 1 N–H and O–H groups in total. The Morgan fingerprint density at radius 1 is 0.800 bits per heavy atom. The van der Waals surface area contributed by atoms with Crippen molar-refractivity contribution >= 4 is 0 Å². The molecule has 0 heterocycles. The van der Waals surface area contributed by atoms with Gasteiger partial charge in [-0.25, -0.2) is 0 Å². The van der Waals surface area contributed by atoms with Crippen molar-refractivity contribution in [1.82, 2.24) is 0 Å². The number of rotatable bonds is 15. The predicted octanol–water partition coefficient (Wildman–Crippen LogP) is 4.18. The lowest BCUT2D eigenvalue weighted by atomic mass is 10.0. The number of hydrogen-bond donors (Lipinski definition) is 1. The monoisotopic (exact) mass is 288 g/mol. The number of unbranched alkanes of at least 4 members (excludes halogenated alkanes) is 4. The molecule has 0 spiro atoms. The van der Waals surface area contributed by atoms with Gasteiger partial charge in [0.2, 0.25) is 0 Å². The van der Waals surface area contributed by atoms with E-state index in [0.29, 0.717) is 19.1 Å². The van der Waals surface area contributed by atoms with Gasteiger partial charge >= 0.3 is 0 Å². The van der Waals surface area contributed by atoms with Crippen molar-refractivity contribution in [3.05, 3.63) is 0 Å². The Morgan fingerprint density at radius 3 is 2.15 bits per heavy atom. The fraction of sp³-hybridized carbons (Fsp3) is 1.00. The second-order valence-electron chi connectivity index (χ2n) is 5.74. The fourth-order valence-electron chi connectivity index (χ4n) is 2.17. The van der Waals surface area contributed by atoms with Gasteiger partial charge in [-0.05, 0) is 18.8 Å². The van der Waals surface area contributed by atoms with Crippen molar-refractivity contribution in [2.45, 2.75) is 78.2 Å². The van der Waals surface area contributed by atoms with Crippen LogP contribution in [-0.4, -0.2) is 37.6 Å². The summed E-state index contributed by atoms with van der Waals surface area (Å²) < 4.78 is 11.1. The molecule has 0 aromatic carbocycles. The third-order valence-electron chi connectivity index (χ3n) is 3.66. The average Bonchev–Trinajstić information content (AvgIpc) is 2.46. The van der Waals surface area contributed by atoms with Crippen LogP contribution in [0.2, 0.25) is 0 Å². The van der Waals surface area contributed by atoms with Gasteiger partial charge in [0.15, 0.2) is 0 Å². The Kier molecular flexibility index (Phi) is 15.2. The first-order valence-corrected chi connectivity index (χ1v) is 8.58. The van der Waals surface area contributed by atoms with Crippen LogP contribution in [0.5, 0.6) is 0 Å². The summed E-state index contributed by atoms with van der Waals surface area (Å²) in [6.45, 7) is 8.95. The summed E-state index contributed by atoms with van der Waals surface area (Å²) in [6, 6.07) is 0. The number of ether oxygens (including phenoxy) is 2. The Bertz CT molecular complexity index is 185. The van der Waals surface area contributed by atoms with Crippen LogP contribution in [0.1, 0.15) is 72.1 Å². The van der Waals surface area contributed by atoms with E-state index in [2.05, 4.69) is 20.8 Å². The quantitative estimate of drug-likeness (QED) is 0.459. The van der Waals surface area contributed by atoms with Crippen LogP contribution in [0, 0.1) is 5.92 Å². The van der Waals surface area contributed by atoms with Crippen molar-refractivity contribution in [3.63, 3.8) is 0 Å². The Balaban J connectivity index is 3.40. The molecule has 0 radical (unpaired) electrons. The molecule has 0 saturated heterocycles. The standard InChI is InChI=1S/C17H36O3/c1-4-7-9-10-12-19-14-17(18)15-20-13-16(6-3)11-8-5-2/h16-18H,4-15H2,1-3H3. The maximum atomic E-state index is 9.76. The molecule has 0 aromatic heterocycles. The molecule has 2 unspecified atom stereocenters. The molecule has 0 bridgehead atoms. The lowest BCUT2D eigenvalue weighted by Crippen LogP contribution is -2.23. The van der Waals surface area contributed by atoms with Crippen LogP contribution >= 0.6 is 0 Å². The van der Waals surface area contributed by atoms with E-state index in [1.165, 1.54) is 38.5 Å². The Hall–Kier alpha value is -0.120. The van der Waals surface area contributed by atoms with Gasteiger partial charge < -0.3 is 14.6 Å². The van der Waals surface area contributed by atoms with Gasteiger partial charge in [0.05, 0.1) is 13.2 Å². The highest BCUT2D eigenvalue weighted by Crippen LogP contribution is 2.12. The zero-order chi connectivity index (χ0) is 15.1. The molecule has 20 heavy (non-hydrogen) atoms. The third kappa shape index (κ3) is 12.9. The number of aliphatic hydroxyl groups is 1. The van der Waals surface area contributed by atoms with Crippen LogP contribution in [0.25, 0.3) is 0 Å². The van der Waals surface area contributed by atoms with Crippen molar-refractivity contribution in [2.75, 3.05) is 26.4 Å². The van der Waals surface area contributed by atoms with E-state index in [9.17, 15) is 5.11 Å². The van der Waals surface area contributed by atoms with Gasteiger partial charge in [-0.1, -0.05) is 59.3 Å². The van der Waals surface area contributed by atoms with E-state index >= 15 is 0 Å². The van der Waals surface area contributed by atoms with E-state index < -0.39 is 6.10 Å². The van der Waals surface area contributed by atoms with Crippen molar-refractivity contribution in [2.24, 2.45) is 5.92 Å². The summed E-state index contributed by atoms with van der Waals surface area (Å²) in [5, 5.41) is 9.76. The van der Waals surface area contributed by atoms with Gasteiger partial charge in [0.1, 0.15) is 6.10 Å². The first-order valence-electron chi connectivity index (χ1n) is 8.58. The Labute approximate surface area is 126 Å². The SMILES string of the molecule is CCCCCCOCC(O)COCC(CC)CCCC. The van der Waals surface area contributed by atoms with Crippen LogP contribution in [0.3, 0.4) is 0 Å².